The Labute approximate surface area is 304 Å². The Morgan fingerprint density at radius 1 is 0.960 bits per heavy atom. The Hall–Kier alpha value is -2.25. The Kier molecular flexibility index (Phi) is 10.5. The molecular weight excluding hydrogens is 641 g/mol. The molecule has 2 N–H and O–H groups in total. The van der Waals surface area contributed by atoms with Gasteiger partial charge in [0.2, 0.25) is 5.91 Å². The van der Waals surface area contributed by atoms with E-state index in [2.05, 4.69) is 52.6 Å². The van der Waals surface area contributed by atoms with Crippen LogP contribution in [-0.4, -0.2) is 57.4 Å². The van der Waals surface area contributed by atoms with Crippen LogP contribution in [0.2, 0.25) is 0 Å². The molecule has 6 aliphatic rings. The van der Waals surface area contributed by atoms with E-state index in [-0.39, 0.29) is 16.7 Å². The number of carbonyl (C=O) groups excluding carboxylic acids is 1. The van der Waals surface area contributed by atoms with Crippen molar-refractivity contribution >= 4 is 28.2 Å². The van der Waals surface area contributed by atoms with E-state index in [1.807, 2.05) is 19.1 Å². The number of fused-ring (bicyclic) bond motifs is 7. The second kappa shape index (κ2) is 14.0. The molecule has 7 rings (SSSR count). The van der Waals surface area contributed by atoms with Gasteiger partial charge in [-0.05, 0) is 139 Å². The molecule has 5 aliphatic carbocycles. The van der Waals surface area contributed by atoms with E-state index in [0.717, 1.165) is 31.3 Å². The zero-order chi connectivity index (χ0) is 36.1. The molecule has 1 saturated heterocycles. The van der Waals surface area contributed by atoms with Crippen molar-refractivity contribution in [3.05, 3.63) is 54.1 Å². The molecule has 1 aromatic rings. The fraction of sp³-hybridized carbons (Fsp3) is 0.721. The molecule has 7 heteroatoms. The highest BCUT2D eigenvalue weighted by molar-refractivity contribution is 7.85. The number of hydrogen-bond donors (Lipinski definition) is 2. The molecule has 4 saturated carbocycles. The van der Waals surface area contributed by atoms with Gasteiger partial charge in [-0.25, -0.2) is 4.79 Å². The van der Waals surface area contributed by atoms with Crippen LogP contribution in [0.3, 0.4) is 0 Å². The van der Waals surface area contributed by atoms with Crippen molar-refractivity contribution in [3.8, 4) is 0 Å². The van der Waals surface area contributed by atoms with Crippen molar-refractivity contribution in [2.75, 3.05) is 31.3 Å². The number of allylic oxidation sites excluding steroid dienone is 3. The summed E-state index contributed by atoms with van der Waals surface area (Å²) in [4.78, 5) is 26.0. The summed E-state index contributed by atoms with van der Waals surface area (Å²) < 4.78 is 11.8. The third-order valence-electron chi connectivity index (χ3n) is 15.8. The molecule has 1 aromatic carbocycles. The fourth-order valence-corrected chi connectivity index (χ4v) is 14.5. The number of amides is 1. The Morgan fingerprint density at radius 3 is 2.34 bits per heavy atom. The van der Waals surface area contributed by atoms with Crippen LogP contribution in [0.4, 0.5) is 0 Å². The Bertz CT molecular complexity index is 1520. The maximum absolute atomic E-state index is 12.7. The van der Waals surface area contributed by atoms with E-state index in [0.29, 0.717) is 58.2 Å². The first kappa shape index (κ1) is 37.5. The average Bonchev–Trinajstić information content (AvgIpc) is 3.70. The summed E-state index contributed by atoms with van der Waals surface area (Å²) in [5.74, 6) is 3.20. The van der Waals surface area contributed by atoms with Gasteiger partial charge in [-0.3, -0.25) is 9.00 Å². The maximum atomic E-state index is 12.7. The van der Waals surface area contributed by atoms with Gasteiger partial charge in [0.05, 0.1) is 11.4 Å². The minimum absolute atomic E-state index is 0.0307. The van der Waals surface area contributed by atoms with Crippen molar-refractivity contribution in [2.24, 2.45) is 50.7 Å². The number of carboxylic acids is 1. The summed E-state index contributed by atoms with van der Waals surface area (Å²) in [5, 5.41) is 13.2. The maximum Gasteiger partial charge on any atom is 0.335 e. The standard InChI is InChI=1S/C40H58N2O4S.C3H6/c1-36(2)29(27-8-10-28(11-9-27)35(44)45)14-18-37(3)32(36)15-19-39(5)33(37)13-12-30-31-7-6-17-40(31,21-20-38(30,39)4)25-41-22-16-34(43)42-23-24-47(46)26-42;1-3-2/h8-11,14,30-33,41H,6-7,12-13,15-26H2,1-5H3,(H,44,45);3H,1H2,2H3/t30?,31?,32?,33?,37?,38-,39?,40?,47?;/m1./s1. The molecule has 0 aromatic heterocycles. The van der Waals surface area contributed by atoms with Gasteiger partial charge in [0.15, 0.2) is 0 Å². The summed E-state index contributed by atoms with van der Waals surface area (Å²) in [7, 11) is -0.859. The van der Waals surface area contributed by atoms with Gasteiger partial charge in [-0.1, -0.05) is 65.3 Å². The van der Waals surface area contributed by atoms with Gasteiger partial charge in [-0.2, -0.15) is 0 Å². The molecule has 50 heavy (non-hydrogen) atoms. The van der Waals surface area contributed by atoms with Crippen LogP contribution in [0.15, 0.2) is 43.0 Å². The molecule has 0 bridgehead atoms. The lowest BCUT2D eigenvalue weighted by Crippen LogP contribution is -2.65. The van der Waals surface area contributed by atoms with E-state index in [1.165, 1.54) is 68.9 Å². The van der Waals surface area contributed by atoms with Crippen LogP contribution in [0.5, 0.6) is 0 Å². The fourth-order valence-electron chi connectivity index (χ4n) is 13.3. The number of carboxylic acid groups (broad SMARTS) is 1. The lowest BCUT2D eigenvalue weighted by Gasteiger charge is -2.72. The molecule has 9 atom stereocenters. The lowest BCUT2D eigenvalue weighted by molar-refractivity contribution is -0.222. The first-order valence-electron chi connectivity index (χ1n) is 19.6. The van der Waals surface area contributed by atoms with Gasteiger partial charge in [0, 0.05) is 42.6 Å². The smallest absolute Gasteiger partial charge is 0.335 e. The van der Waals surface area contributed by atoms with Crippen molar-refractivity contribution < 1.29 is 18.9 Å². The quantitative estimate of drug-likeness (QED) is 0.219. The van der Waals surface area contributed by atoms with E-state index in [4.69, 9.17) is 0 Å². The van der Waals surface area contributed by atoms with Gasteiger partial charge >= 0.3 is 5.97 Å². The first-order valence-corrected chi connectivity index (χ1v) is 21.1. The number of carbonyl (C=O) groups is 2. The molecule has 0 spiro atoms. The number of rotatable bonds is 7. The molecule has 1 heterocycles. The molecular formula is C43H64N2O4S. The van der Waals surface area contributed by atoms with E-state index < -0.39 is 16.8 Å². The summed E-state index contributed by atoms with van der Waals surface area (Å²) in [5.41, 5.74) is 4.28. The van der Waals surface area contributed by atoms with E-state index >= 15 is 0 Å². The van der Waals surface area contributed by atoms with Crippen LogP contribution < -0.4 is 5.32 Å². The summed E-state index contributed by atoms with van der Waals surface area (Å²) in [6.45, 7) is 20.6. The van der Waals surface area contributed by atoms with Gasteiger partial charge in [0.1, 0.15) is 0 Å². The number of nitrogens with one attached hydrogen (secondary N) is 1. The highest BCUT2D eigenvalue weighted by atomic mass is 32.2. The van der Waals surface area contributed by atoms with E-state index in [1.54, 1.807) is 23.1 Å². The van der Waals surface area contributed by atoms with Crippen LogP contribution in [0, 0.1) is 50.7 Å². The van der Waals surface area contributed by atoms with Gasteiger partial charge < -0.3 is 15.3 Å². The second-order valence-corrected chi connectivity index (χ2v) is 19.8. The minimum Gasteiger partial charge on any atom is -0.478 e. The number of aromatic carboxylic acids is 1. The highest BCUT2D eigenvalue weighted by Crippen LogP contribution is 2.77. The summed E-state index contributed by atoms with van der Waals surface area (Å²) in [6, 6.07) is 7.58. The van der Waals surface area contributed by atoms with Crippen molar-refractivity contribution in [1.29, 1.82) is 0 Å². The number of hydrogen-bond acceptors (Lipinski definition) is 4. The molecule has 1 amide bonds. The third kappa shape index (κ3) is 6.08. The molecule has 1 aliphatic heterocycles. The lowest BCUT2D eigenvalue weighted by atomic mass is 9.32. The molecule has 8 unspecified atom stereocenters. The van der Waals surface area contributed by atoms with Gasteiger partial charge in [-0.15, -0.1) is 6.58 Å². The van der Waals surface area contributed by atoms with Crippen LogP contribution >= 0.6 is 0 Å². The van der Waals surface area contributed by atoms with Crippen molar-refractivity contribution in [2.45, 2.75) is 112 Å². The zero-order valence-corrected chi connectivity index (χ0v) is 32.6. The van der Waals surface area contributed by atoms with Crippen LogP contribution in [0.25, 0.3) is 5.57 Å². The first-order chi connectivity index (χ1) is 23.7. The minimum atomic E-state index is -0.865. The van der Waals surface area contributed by atoms with Crippen molar-refractivity contribution in [3.63, 3.8) is 0 Å². The van der Waals surface area contributed by atoms with E-state index in [9.17, 15) is 18.9 Å². The Balaban J connectivity index is 0.00000139. The van der Waals surface area contributed by atoms with Crippen molar-refractivity contribution in [1.82, 2.24) is 10.2 Å². The van der Waals surface area contributed by atoms with Crippen LogP contribution in [-0.2, 0) is 15.6 Å². The highest BCUT2D eigenvalue weighted by Gasteiger charge is 2.69. The Morgan fingerprint density at radius 2 is 1.68 bits per heavy atom. The average molecular weight is 705 g/mol. The SMILES string of the molecule is C=CC.CC1(C)C(c2ccc(C(=O)O)cc2)=CCC2(C)C1CCC1(C)C2CCC2C3CCCC3(CNCCC(=O)N3CCS(=O)C3)CC[C@]21C. The predicted octanol–water partition coefficient (Wildman–Crippen LogP) is 8.95. The number of benzene rings is 1. The molecule has 6 nitrogen and oxygen atoms in total. The number of nitrogens with zero attached hydrogens (tertiary/aromatic N) is 1. The molecule has 276 valence electrons. The summed E-state index contributed by atoms with van der Waals surface area (Å²) in [6.07, 6.45) is 17.8. The molecule has 0 radical (unpaired) electrons. The monoisotopic (exact) mass is 704 g/mol. The van der Waals surface area contributed by atoms with Gasteiger partial charge in [0.25, 0.3) is 0 Å². The second-order valence-electron chi connectivity index (χ2n) is 18.2. The summed E-state index contributed by atoms with van der Waals surface area (Å²) >= 11 is 0. The zero-order valence-electron chi connectivity index (χ0n) is 31.8. The normalized spacial score (nSPS) is 39.8. The third-order valence-corrected chi connectivity index (χ3v) is 17.0. The van der Waals surface area contributed by atoms with Crippen LogP contribution in [0.1, 0.15) is 128 Å². The largest absolute Gasteiger partial charge is 0.478 e. The predicted molar refractivity (Wildman–Crippen MR) is 205 cm³/mol. The topological polar surface area (TPSA) is 86.7 Å². The molecule has 5 fully saturated rings.